The van der Waals surface area contributed by atoms with Crippen LogP contribution in [0.3, 0.4) is 0 Å². The van der Waals surface area contributed by atoms with E-state index in [1.54, 1.807) is 6.07 Å². The molecule has 1 aliphatic carbocycles. The average molecular weight is 323 g/mol. The predicted octanol–water partition coefficient (Wildman–Crippen LogP) is 3.59. The van der Waals surface area contributed by atoms with E-state index >= 15 is 0 Å². The molecular formula is C20H25N3O. The lowest BCUT2D eigenvalue weighted by Crippen LogP contribution is -2.27. The van der Waals surface area contributed by atoms with Gasteiger partial charge in [-0.1, -0.05) is 30.3 Å². The highest BCUT2D eigenvalue weighted by molar-refractivity contribution is 6.00. The largest absolute Gasteiger partial charge is 0.399 e. The standard InChI is InChI=1S/C20H25N3O/c1-14(7-8-15-5-3-2-4-6-15)22-19-12-9-16(21)13-18(19)20(24)23-17-10-11-17/h2-6,9,12-14,17,22H,7-8,10-11,21H2,1H3,(H,23,24)/t14-/m0/s1. The van der Waals surface area contributed by atoms with Crippen molar-refractivity contribution in [2.75, 3.05) is 11.1 Å². The van der Waals surface area contributed by atoms with E-state index in [0.29, 0.717) is 17.3 Å². The van der Waals surface area contributed by atoms with Gasteiger partial charge in [0.05, 0.1) is 5.56 Å². The zero-order valence-corrected chi connectivity index (χ0v) is 14.1. The van der Waals surface area contributed by atoms with Crippen molar-refractivity contribution in [2.24, 2.45) is 0 Å². The Bertz CT molecular complexity index is 695. The van der Waals surface area contributed by atoms with Gasteiger partial charge in [-0.2, -0.15) is 0 Å². The van der Waals surface area contributed by atoms with E-state index in [0.717, 1.165) is 31.4 Å². The van der Waals surface area contributed by atoms with Crippen LogP contribution < -0.4 is 16.4 Å². The van der Waals surface area contributed by atoms with Crippen molar-refractivity contribution in [2.45, 2.75) is 44.7 Å². The van der Waals surface area contributed by atoms with E-state index in [-0.39, 0.29) is 11.9 Å². The van der Waals surface area contributed by atoms with Crippen LogP contribution in [0.2, 0.25) is 0 Å². The highest BCUT2D eigenvalue weighted by atomic mass is 16.1. The number of nitrogens with two attached hydrogens (primary N) is 1. The number of carbonyl (C=O) groups is 1. The van der Waals surface area contributed by atoms with E-state index < -0.39 is 0 Å². The Morgan fingerprint density at radius 2 is 1.96 bits per heavy atom. The summed E-state index contributed by atoms with van der Waals surface area (Å²) in [6, 6.07) is 16.5. The van der Waals surface area contributed by atoms with Gasteiger partial charge >= 0.3 is 0 Å². The summed E-state index contributed by atoms with van der Waals surface area (Å²) < 4.78 is 0. The van der Waals surface area contributed by atoms with Gasteiger partial charge in [0.1, 0.15) is 0 Å². The summed E-state index contributed by atoms with van der Waals surface area (Å²) in [4.78, 5) is 12.4. The first-order valence-electron chi connectivity index (χ1n) is 8.62. The second kappa shape index (κ2) is 7.39. The van der Waals surface area contributed by atoms with Crippen molar-refractivity contribution in [1.29, 1.82) is 0 Å². The average Bonchev–Trinajstić information content (AvgIpc) is 3.39. The summed E-state index contributed by atoms with van der Waals surface area (Å²) in [7, 11) is 0. The van der Waals surface area contributed by atoms with Crippen LogP contribution in [0.1, 0.15) is 42.1 Å². The van der Waals surface area contributed by atoms with E-state index in [1.807, 2.05) is 18.2 Å². The zero-order valence-electron chi connectivity index (χ0n) is 14.1. The molecule has 1 saturated carbocycles. The number of benzene rings is 2. The second-order valence-electron chi connectivity index (χ2n) is 6.62. The van der Waals surface area contributed by atoms with Crippen molar-refractivity contribution < 1.29 is 4.79 Å². The Labute approximate surface area is 143 Å². The van der Waals surface area contributed by atoms with Crippen LogP contribution in [0.15, 0.2) is 48.5 Å². The van der Waals surface area contributed by atoms with Gasteiger partial charge in [-0.25, -0.2) is 0 Å². The fourth-order valence-corrected chi connectivity index (χ4v) is 2.73. The van der Waals surface area contributed by atoms with Crippen LogP contribution in [-0.2, 0) is 6.42 Å². The molecular weight excluding hydrogens is 298 g/mol. The monoisotopic (exact) mass is 323 g/mol. The Balaban J connectivity index is 1.63. The van der Waals surface area contributed by atoms with E-state index in [9.17, 15) is 4.79 Å². The van der Waals surface area contributed by atoms with Crippen molar-refractivity contribution in [3.63, 3.8) is 0 Å². The maximum Gasteiger partial charge on any atom is 0.253 e. The molecule has 3 rings (SSSR count). The molecule has 4 nitrogen and oxygen atoms in total. The van der Waals surface area contributed by atoms with E-state index in [2.05, 4.69) is 41.8 Å². The molecule has 0 spiro atoms. The summed E-state index contributed by atoms with van der Waals surface area (Å²) in [5, 5.41) is 6.50. The Hall–Kier alpha value is -2.49. The van der Waals surface area contributed by atoms with Crippen LogP contribution in [0.5, 0.6) is 0 Å². The van der Waals surface area contributed by atoms with Crippen molar-refractivity contribution >= 4 is 17.3 Å². The van der Waals surface area contributed by atoms with Crippen molar-refractivity contribution in [3.05, 3.63) is 59.7 Å². The number of nitrogen functional groups attached to an aromatic ring is 1. The normalized spacial score (nSPS) is 14.9. The molecule has 1 atom stereocenters. The van der Waals surface area contributed by atoms with Gasteiger partial charge in [-0.15, -0.1) is 0 Å². The smallest absolute Gasteiger partial charge is 0.253 e. The van der Waals surface area contributed by atoms with Crippen molar-refractivity contribution in [1.82, 2.24) is 5.32 Å². The molecule has 2 aromatic carbocycles. The molecule has 0 heterocycles. The number of aryl methyl sites for hydroxylation is 1. The Kier molecular flexibility index (Phi) is 5.04. The second-order valence-corrected chi connectivity index (χ2v) is 6.62. The SMILES string of the molecule is C[C@@H](CCc1ccccc1)Nc1ccc(N)cc1C(=O)NC1CC1. The first kappa shape index (κ1) is 16.4. The highest BCUT2D eigenvalue weighted by Gasteiger charge is 2.25. The van der Waals surface area contributed by atoms with E-state index in [4.69, 9.17) is 5.73 Å². The maximum absolute atomic E-state index is 12.4. The number of rotatable bonds is 7. The molecule has 126 valence electrons. The molecule has 4 N–H and O–H groups in total. The topological polar surface area (TPSA) is 67.1 Å². The summed E-state index contributed by atoms with van der Waals surface area (Å²) >= 11 is 0. The Morgan fingerprint density at radius 1 is 1.21 bits per heavy atom. The number of hydrogen-bond donors (Lipinski definition) is 3. The predicted molar refractivity (Wildman–Crippen MR) is 99.2 cm³/mol. The molecule has 1 amide bonds. The molecule has 0 radical (unpaired) electrons. The van der Waals surface area contributed by atoms with Crippen LogP contribution in [0.25, 0.3) is 0 Å². The Morgan fingerprint density at radius 3 is 2.67 bits per heavy atom. The number of nitrogens with one attached hydrogen (secondary N) is 2. The fraction of sp³-hybridized carbons (Fsp3) is 0.350. The molecule has 1 fully saturated rings. The summed E-state index contributed by atoms with van der Waals surface area (Å²) in [6.07, 6.45) is 4.15. The summed E-state index contributed by atoms with van der Waals surface area (Å²) in [6.45, 7) is 2.14. The lowest BCUT2D eigenvalue weighted by atomic mass is 10.0. The molecule has 0 aliphatic heterocycles. The quantitative estimate of drug-likeness (QED) is 0.682. The third-order valence-corrected chi connectivity index (χ3v) is 4.31. The van der Waals surface area contributed by atoms with Gasteiger partial charge in [0.15, 0.2) is 0 Å². The summed E-state index contributed by atoms with van der Waals surface area (Å²) in [5.41, 5.74) is 9.29. The van der Waals surface area contributed by atoms with Gasteiger partial charge in [0.2, 0.25) is 0 Å². The molecule has 24 heavy (non-hydrogen) atoms. The van der Waals surface area contributed by atoms with Crippen molar-refractivity contribution in [3.8, 4) is 0 Å². The van der Waals surface area contributed by atoms with E-state index in [1.165, 1.54) is 5.56 Å². The molecule has 2 aromatic rings. The molecule has 0 aromatic heterocycles. The molecule has 0 saturated heterocycles. The van der Waals surface area contributed by atoms with Crippen LogP contribution in [0, 0.1) is 0 Å². The van der Waals surface area contributed by atoms with Crippen LogP contribution in [0.4, 0.5) is 11.4 Å². The van der Waals surface area contributed by atoms with Gasteiger partial charge in [0.25, 0.3) is 5.91 Å². The summed E-state index contributed by atoms with van der Waals surface area (Å²) in [5.74, 6) is -0.0393. The van der Waals surface area contributed by atoms with Crippen LogP contribution >= 0.6 is 0 Å². The highest BCUT2D eigenvalue weighted by Crippen LogP contribution is 2.24. The molecule has 1 aliphatic rings. The first-order chi connectivity index (χ1) is 11.6. The number of anilines is 2. The lowest BCUT2D eigenvalue weighted by Gasteiger charge is -2.18. The molecule has 0 unspecified atom stereocenters. The first-order valence-corrected chi connectivity index (χ1v) is 8.62. The number of carbonyl (C=O) groups excluding carboxylic acids is 1. The minimum atomic E-state index is -0.0393. The minimum Gasteiger partial charge on any atom is -0.399 e. The third kappa shape index (κ3) is 4.51. The molecule has 4 heteroatoms. The van der Waals surface area contributed by atoms with Gasteiger partial charge in [-0.05, 0) is 56.4 Å². The van der Waals surface area contributed by atoms with Gasteiger partial charge in [0, 0.05) is 23.5 Å². The number of hydrogen-bond acceptors (Lipinski definition) is 3. The minimum absolute atomic E-state index is 0.0393. The van der Waals surface area contributed by atoms with Crippen LogP contribution in [-0.4, -0.2) is 18.0 Å². The number of amides is 1. The fourth-order valence-electron chi connectivity index (χ4n) is 2.73. The lowest BCUT2D eigenvalue weighted by molar-refractivity contribution is 0.0952. The zero-order chi connectivity index (χ0) is 16.9. The molecule has 0 bridgehead atoms. The third-order valence-electron chi connectivity index (χ3n) is 4.31. The van der Waals surface area contributed by atoms with Gasteiger partial charge in [-0.3, -0.25) is 4.79 Å². The maximum atomic E-state index is 12.4. The van der Waals surface area contributed by atoms with Gasteiger partial charge < -0.3 is 16.4 Å².